The molecule has 0 radical (unpaired) electrons. The molecule has 0 saturated heterocycles. The van der Waals surface area contributed by atoms with Crippen LogP contribution in [0.5, 0.6) is 0 Å². The van der Waals surface area contributed by atoms with Crippen LogP contribution in [-0.4, -0.2) is 34.6 Å². The van der Waals surface area contributed by atoms with Crippen LogP contribution in [0.4, 0.5) is 0 Å². The van der Waals surface area contributed by atoms with E-state index in [0.717, 1.165) is 12.0 Å². The first-order valence-corrected chi connectivity index (χ1v) is 5.47. The van der Waals surface area contributed by atoms with Crippen LogP contribution in [-0.2, 0) is 11.3 Å². The molecule has 1 N–H and O–H groups in total. The average Bonchev–Trinajstić information content (AvgIpc) is 2.30. The summed E-state index contributed by atoms with van der Waals surface area (Å²) >= 11 is 0. The van der Waals surface area contributed by atoms with Crippen molar-refractivity contribution in [3.05, 3.63) is 30.1 Å². The highest BCUT2D eigenvalue weighted by atomic mass is 16.3. The van der Waals surface area contributed by atoms with Crippen molar-refractivity contribution >= 4 is 5.91 Å². The van der Waals surface area contributed by atoms with Crippen molar-refractivity contribution < 1.29 is 9.90 Å². The summed E-state index contributed by atoms with van der Waals surface area (Å²) < 4.78 is 0. The quantitative estimate of drug-likeness (QED) is 0.736. The zero-order valence-corrected chi connectivity index (χ0v) is 9.59. The largest absolute Gasteiger partial charge is 0.396 e. The summed E-state index contributed by atoms with van der Waals surface area (Å²) in [5.41, 5.74) is 1.08. The zero-order valence-electron chi connectivity index (χ0n) is 9.59. The number of hydrogen-bond donors (Lipinski definition) is 1. The molecule has 4 nitrogen and oxygen atoms in total. The molecule has 0 aromatic carbocycles. The molecule has 0 aliphatic heterocycles. The van der Waals surface area contributed by atoms with E-state index in [2.05, 4.69) is 4.98 Å². The van der Waals surface area contributed by atoms with Gasteiger partial charge in [0.25, 0.3) is 0 Å². The van der Waals surface area contributed by atoms with Crippen molar-refractivity contribution in [2.24, 2.45) is 0 Å². The molecule has 0 fully saturated rings. The van der Waals surface area contributed by atoms with Crippen LogP contribution >= 0.6 is 0 Å². The summed E-state index contributed by atoms with van der Waals surface area (Å²) in [5.74, 6) is 0.116. The number of amides is 1. The molecule has 16 heavy (non-hydrogen) atoms. The second-order valence-corrected chi connectivity index (χ2v) is 3.79. The van der Waals surface area contributed by atoms with Gasteiger partial charge in [-0.25, -0.2) is 0 Å². The molecule has 0 atom stereocenters. The molecule has 0 bridgehead atoms. The number of pyridine rings is 1. The molecule has 88 valence electrons. The number of nitrogens with zero attached hydrogens (tertiary/aromatic N) is 2. The Kier molecular flexibility index (Phi) is 5.50. The van der Waals surface area contributed by atoms with Crippen molar-refractivity contribution in [2.45, 2.75) is 25.8 Å². The fraction of sp³-hybridized carbons (Fsp3) is 0.500. The van der Waals surface area contributed by atoms with Crippen molar-refractivity contribution in [1.82, 2.24) is 9.88 Å². The molecule has 1 heterocycles. The summed E-state index contributed by atoms with van der Waals surface area (Å²) in [6.45, 7) is 0.766. The third kappa shape index (κ3) is 4.40. The van der Waals surface area contributed by atoms with Gasteiger partial charge in [-0.2, -0.15) is 0 Å². The van der Waals surface area contributed by atoms with E-state index in [4.69, 9.17) is 5.11 Å². The number of hydrogen-bond acceptors (Lipinski definition) is 3. The summed E-state index contributed by atoms with van der Waals surface area (Å²) in [7, 11) is 1.79. The maximum atomic E-state index is 11.7. The molecule has 0 aliphatic carbocycles. The van der Waals surface area contributed by atoms with E-state index < -0.39 is 0 Å². The third-order valence-electron chi connectivity index (χ3n) is 2.39. The average molecular weight is 222 g/mol. The van der Waals surface area contributed by atoms with Crippen LogP contribution in [0.15, 0.2) is 24.5 Å². The number of aliphatic hydroxyl groups is 1. The summed E-state index contributed by atoms with van der Waals surface area (Å²) in [6.07, 6.45) is 5.38. The van der Waals surface area contributed by atoms with Gasteiger partial charge >= 0.3 is 0 Å². The first kappa shape index (κ1) is 12.6. The van der Waals surface area contributed by atoms with Gasteiger partial charge < -0.3 is 10.0 Å². The first-order chi connectivity index (χ1) is 7.74. The van der Waals surface area contributed by atoms with E-state index in [1.54, 1.807) is 24.3 Å². The van der Waals surface area contributed by atoms with Gasteiger partial charge in [0.2, 0.25) is 5.91 Å². The van der Waals surface area contributed by atoms with Crippen molar-refractivity contribution in [1.29, 1.82) is 0 Å². The number of rotatable bonds is 6. The minimum atomic E-state index is 0.116. The Morgan fingerprint density at radius 1 is 1.38 bits per heavy atom. The van der Waals surface area contributed by atoms with Gasteiger partial charge in [0.05, 0.1) is 0 Å². The van der Waals surface area contributed by atoms with Gasteiger partial charge in [-0.1, -0.05) is 0 Å². The fourth-order valence-electron chi connectivity index (χ4n) is 1.43. The fourth-order valence-corrected chi connectivity index (χ4v) is 1.43. The molecule has 0 unspecified atom stereocenters. The highest BCUT2D eigenvalue weighted by molar-refractivity contribution is 5.75. The van der Waals surface area contributed by atoms with Crippen LogP contribution < -0.4 is 0 Å². The first-order valence-electron chi connectivity index (χ1n) is 5.47. The van der Waals surface area contributed by atoms with E-state index in [0.29, 0.717) is 19.4 Å². The van der Waals surface area contributed by atoms with Gasteiger partial charge in [-0.3, -0.25) is 9.78 Å². The Morgan fingerprint density at radius 2 is 2.06 bits per heavy atom. The standard InChI is InChI=1S/C12H18N2O2/c1-14(12(16)4-2-3-9-15)10-11-5-7-13-8-6-11/h5-8,15H,2-4,9-10H2,1H3. The molecule has 0 spiro atoms. The molecule has 1 amide bonds. The molecule has 4 heteroatoms. The Morgan fingerprint density at radius 3 is 2.69 bits per heavy atom. The van der Waals surface area contributed by atoms with Crippen LogP contribution in [0.1, 0.15) is 24.8 Å². The molecular formula is C12H18N2O2. The van der Waals surface area contributed by atoms with Crippen LogP contribution in [0, 0.1) is 0 Å². The number of carbonyl (C=O) groups excluding carboxylic acids is 1. The maximum absolute atomic E-state index is 11.7. The van der Waals surface area contributed by atoms with Crippen molar-refractivity contribution in [3.63, 3.8) is 0 Å². The zero-order chi connectivity index (χ0) is 11.8. The second-order valence-electron chi connectivity index (χ2n) is 3.79. The lowest BCUT2D eigenvalue weighted by atomic mass is 10.2. The minimum Gasteiger partial charge on any atom is -0.396 e. The SMILES string of the molecule is CN(Cc1ccncc1)C(=O)CCCCO. The smallest absolute Gasteiger partial charge is 0.222 e. The Bertz CT molecular complexity index is 314. The lowest BCUT2D eigenvalue weighted by Crippen LogP contribution is -2.25. The van der Waals surface area contributed by atoms with E-state index in [1.807, 2.05) is 12.1 Å². The molecule has 0 aliphatic rings. The van der Waals surface area contributed by atoms with Gasteiger partial charge in [0.15, 0.2) is 0 Å². The molecule has 1 aromatic rings. The third-order valence-corrected chi connectivity index (χ3v) is 2.39. The predicted molar refractivity (Wildman–Crippen MR) is 61.6 cm³/mol. The lowest BCUT2D eigenvalue weighted by Gasteiger charge is -2.16. The van der Waals surface area contributed by atoms with Gasteiger partial charge in [-0.05, 0) is 30.5 Å². The number of unbranched alkanes of at least 4 members (excludes halogenated alkanes) is 1. The lowest BCUT2D eigenvalue weighted by molar-refractivity contribution is -0.130. The minimum absolute atomic E-state index is 0.116. The molecule has 1 aromatic heterocycles. The number of aromatic nitrogens is 1. The summed E-state index contributed by atoms with van der Waals surface area (Å²) in [4.78, 5) is 17.3. The normalized spacial score (nSPS) is 10.1. The highest BCUT2D eigenvalue weighted by Crippen LogP contribution is 2.04. The number of carbonyl (C=O) groups is 1. The molecule has 0 saturated carbocycles. The monoisotopic (exact) mass is 222 g/mol. The Balaban J connectivity index is 2.34. The summed E-state index contributed by atoms with van der Waals surface area (Å²) in [6, 6.07) is 3.80. The molecular weight excluding hydrogens is 204 g/mol. The van der Waals surface area contributed by atoms with Crippen molar-refractivity contribution in [3.8, 4) is 0 Å². The van der Waals surface area contributed by atoms with Gasteiger partial charge in [0.1, 0.15) is 0 Å². The summed E-state index contributed by atoms with van der Waals surface area (Å²) in [5, 5.41) is 8.62. The van der Waals surface area contributed by atoms with E-state index in [1.165, 1.54) is 0 Å². The van der Waals surface area contributed by atoms with Crippen molar-refractivity contribution in [2.75, 3.05) is 13.7 Å². The highest BCUT2D eigenvalue weighted by Gasteiger charge is 2.08. The van der Waals surface area contributed by atoms with Crippen LogP contribution in [0.25, 0.3) is 0 Å². The van der Waals surface area contributed by atoms with E-state index in [9.17, 15) is 4.79 Å². The van der Waals surface area contributed by atoms with Crippen LogP contribution in [0.3, 0.4) is 0 Å². The predicted octanol–water partition coefficient (Wildman–Crippen LogP) is 1.20. The Hall–Kier alpha value is -1.42. The molecule has 1 rings (SSSR count). The van der Waals surface area contributed by atoms with E-state index in [-0.39, 0.29) is 12.5 Å². The topological polar surface area (TPSA) is 53.4 Å². The van der Waals surface area contributed by atoms with Crippen LogP contribution in [0.2, 0.25) is 0 Å². The Labute approximate surface area is 95.9 Å². The maximum Gasteiger partial charge on any atom is 0.222 e. The second kappa shape index (κ2) is 6.95. The van der Waals surface area contributed by atoms with Gasteiger partial charge in [0, 0.05) is 39.0 Å². The van der Waals surface area contributed by atoms with Gasteiger partial charge in [-0.15, -0.1) is 0 Å². The van der Waals surface area contributed by atoms with E-state index >= 15 is 0 Å². The number of aliphatic hydroxyl groups excluding tert-OH is 1.